The van der Waals surface area contributed by atoms with E-state index in [9.17, 15) is 22.8 Å². The van der Waals surface area contributed by atoms with E-state index in [1.54, 1.807) is 31.2 Å². The van der Waals surface area contributed by atoms with Crippen molar-refractivity contribution in [3.63, 3.8) is 0 Å². The Morgan fingerprint density at radius 3 is 2.36 bits per heavy atom. The van der Waals surface area contributed by atoms with Crippen LogP contribution >= 0.6 is 0 Å². The molecule has 0 aliphatic carbocycles. The fraction of sp³-hybridized carbons (Fsp3) is 0.174. The van der Waals surface area contributed by atoms with E-state index in [4.69, 9.17) is 5.11 Å². The molecule has 0 saturated heterocycles. The summed E-state index contributed by atoms with van der Waals surface area (Å²) in [6.45, 7) is 2.02. The summed E-state index contributed by atoms with van der Waals surface area (Å²) in [7, 11) is 0. The maximum absolute atomic E-state index is 12.9. The molecule has 0 fully saturated rings. The first-order valence-electron chi connectivity index (χ1n) is 9.89. The molecule has 3 aromatic rings. The van der Waals surface area contributed by atoms with Gasteiger partial charge < -0.3 is 21.1 Å². The number of aryl methyl sites for hydroxylation is 1. The molecule has 7 nitrogen and oxygen atoms in total. The van der Waals surface area contributed by atoms with Crippen LogP contribution in [0.1, 0.15) is 31.8 Å². The van der Waals surface area contributed by atoms with Gasteiger partial charge in [-0.15, -0.1) is 0 Å². The van der Waals surface area contributed by atoms with Gasteiger partial charge in [-0.1, -0.05) is 12.1 Å². The van der Waals surface area contributed by atoms with Gasteiger partial charge in [-0.05, 0) is 55.0 Å². The van der Waals surface area contributed by atoms with Gasteiger partial charge in [-0.2, -0.15) is 13.2 Å². The number of nitrogens with zero attached hydrogens (tertiary/aromatic N) is 1. The molecular formula is C23H21F3N4O3. The van der Waals surface area contributed by atoms with Crippen LogP contribution in [0.4, 0.5) is 30.4 Å². The number of carbonyl (C=O) groups excluding carboxylic acids is 2. The summed E-state index contributed by atoms with van der Waals surface area (Å²) in [5.41, 5.74) is 0.531. The van der Waals surface area contributed by atoms with Crippen LogP contribution in [0.25, 0.3) is 0 Å². The molecule has 4 N–H and O–H groups in total. The molecule has 0 radical (unpaired) electrons. The third-order valence-electron chi connectivity index (χ3n) is 4.63. The van der Waals surface area contributed by atoms with Crippen molar-refractivity contribution in [2.24, 2.45) is 0 Å². The van der Waals surface area contributed by atoms with Gasteiger partial charge in [0.25, 0.3) is 11.8 Å². The first-order chi connectivity index (χ1) is 15.7. The van der Waals surface area contributed by atoms with Gasteiger partial charge in [-0.3, -0.25) is 9.59 Å². The number of nitrogens with one attached hydrogen (secondary N) is 3. The molecule has 1 aromatic heterocycles. The van der Waals surface area contributed by atoms with Gasteiger partial charge in [0.2, 0.25) is 0 Å². The molecule has 0 bridgehead atoms. The molecule has 33 heavy (non-hydrogen) atoms. The lowest BCUT2D eigenvalue weighted by Gasteiger charge is -2.12. The van der Waals surface area contributed by atoms with E-state index in [2.05, 4.69) is 20.9 Å². The maximum Gasteiger partial charge on any atom is 0.416 e. The third-order valence-corrected chi connectivity index (χ3v) is 4.63. The molecule has 0 spiro atoms. The van der Waals surface area contributed by atoms with E-state index >= 15 is 0 Å². The SMILES string of the molecule is Cc1ccc(NC(=O)c2cccc(C(F)(F)F)c2)cc1C(=O)Nc1ccc(NCCO)nc1. The highest BCUT2D eigenvalue weighted by atomic mass is 19.4. The van der Waals surface area contributed by atoms with E-state index in [1.165, 1.54) is 18.3 Å². The van der Waals surface area contributed by atoms with Crippen LogP contribution in [0.15, 0.2) is 60.8 Å². The zero-order chi connectivity index (χ0) is 24.0. The number of anilines is 3. The molecule has 172 valence electrons. The van der Waals surface area contributed by atoms with Crippen molar-refractivity contribution in [3.8, 4) is 0 Å². The Morgan fingerprint density at radius 2 is 1.70 bits per heavy atom. The predicted octanol–water partition coefficient (Wildman–Crippen LogP) is 4.32. The molecule has 0 aliphatic rings. The minimum absolute atomic E-state index is 0.0416. The second kappa shape index (κ2) is 10.1. The van der Waals surface area contributed by atoms with Crippen molar-refractivity contribution in [1.82, 2.24) is 4.98 Å². The summed E-state index contributed by atoms with van der Waals surface area (Å²) in [5.74, 6) is -0.635. The van der Waals surface area contributed by atoms with Gasteiger partial charge in [-0.25, -0.2) is 4.98 Å². The number of hydrogen-bond donors (Lipinski definition) is 4. The second-order valence-electron chi connectivity index (χ2n) is 7.10. The van der Waals surface area contributed by atoms with Crippen molar-refractivity contribution < 1.29 is 27.9 Å². The topological polar surface area (TPSA) is 103 Å². The standard InChI is InChI=1S/C23H21F3N4O3/c1-14-5-6-17(29-21(32)15-3-2-4-16(11-15)23(24,25)26)12-19(14)22(33)30-18-7-8-20(28-13-18)27-9-10-31/h2-8,11-13,31H,9-10H2,1H3,(H,27,28)(H,29,32)(H,30,33). The van der Waals surface area contributed by atoms with Gasteiger partial charge >= 0.3 is 6.18 Å². The highest BCUT2D eigenvalue weighted by molar-refractivity contribution is 6.08. The smallest absolute Gasteiger partial charge is 0.395 e. The molecule has 2 amide bonds. The maximum atomic E-state index is 12.9. The van der Waals surface area contributed by atoms with Crippen molar-refractivity contribution in [1.29, 1.82) is 0 Å². The fourth-order valence-electron chi connectivity index (χ4n) is 2.94. The molecule has 0 unspecified atom stereocenters. The van der Waals surface area contributed by atoms with Gasteiger partial charge in [0, 0.05) is 23.4 Å². The minimum Gasteiger partial charge on any atom is -0.395 e. The number of benzene rings is 2. The van der Waals surface area contributed by atoms with Gasteiger partial charge in [0.1, 0.15) is 5.82 Å². The number of alkyl halides is 3. The van der Waals surface area contributed by atoms with Crippen LogP contribution in [0, 0.1) is 6.92 Å². The first-order valence-corrected chi connectivity index (χ1v) is 9.89. The number of halogens is 3. The van der Waals surface area contributed by atoms with Crippen LogP contribution in [0.5, 0.6) is 0 Å². The third kappa shape index (κ3) is 6.30. The predicted molar refractivity (Wildman–Crippen MR) is 118 cm³/mol. The number of aromatic nitrogens is 1. The summed E-state index contributed by atoms with van der Waals surface area (Å²) < 4.78 is 38.7. The number of rotatable bonds is 7. The van der Waals surface area contributed by atoms with E-state index < -0.39 is 23.6 Å². The van der Waals surface area contributed by atoms with Crippen LogP contribution in [0.2, 0.25) is 0 Å². The Morgan fingerprint density at radius 1 is 0.970 bits per heavy atom. The van der Waals surface area contributed by atoms with Crippen molar-refractivity contribution in [2.45, 2.75) is 13.1 Å². The molecule has 2 aromatic carbocycles. The minimum atomic E-state index is -4.56. The van der Waals surface area contributed by atoms with Gasteiger partial charge in [0.15, 0.2) is 0 Å². The van der Waals surface area contributed by atoms with E-state index in [0.717, 1.165) is 18.2 Å². The zero-order valence-electron chi connectivity index (χ0n) is 17.5. The molecule has 3 rings (SSSR count). The lowest BCUT2D eigenvalue weighted by Crippen LogP contribution is -2.16. The van der Waals surface area contributed by atoms with Crippen molar-refractivity contribution >= 4 is 29.0 Å². The lowest BCUT2D eigenvalue weighted by molar-refractivity contribution is -0.137. The number of pyridine rings is 1. The quantitative estimate of drug-likeness (QED) is 0.422. The summed E-state index contributed by atoms with van der Waals surface area (Å²) in [4.78, 5) is 29.3. The Balaban J connectivity index is 1.72. The Hall–Kier alpha value is -3.92. The molecule has 0 aliphatic heterocycles. The summed E-state index contributed by atoms with van der Waals surface area (Å²) in [6, 6.07) is 12.0. The molecule has 0 atom stereocenters. The highest BCUT2D eigenvalue weighted by Crippen LogP contribution is 2.29. The van der Waals surface area contributed by atoms with Crippen LogP contribution in [0.3, 0.4) is 0 Å². The largest absolute Gasteiger partial charge is 0.416 e. The monoisotopic (exact) mass is 458 g/mol. The zero-order valence-corrected chi connectivity index (χ0v) is 17.5. The second-order valence-corrected chi connectivity index (χ2v) is 7.10. The average Bonchev–Trinajstić information content (AvgIpc) is 2.79. The van der Waals surface area contributed by atoms with E-state index in [-0.39, 0.29) is 23.4 Å². The summed E-state index contributed by atoms with van der Waals surface area (Å²) in [5, 5.41) is 16.9. The first kappa shape index (κ1) is 23.7. The number of aliphatic hydroxyl groups is 1. The van der Waals surface area contributed by atoms with E-state index in [0.29, 0.717) is 23.6 Å². The number of hydrogen-bond acceptors (Lipinski definition) is 5. The van der Waals surface area contributed by atoms with Crippen molar-refractivity contribution in [2.75, 3.05) is 29.1 Å². The number of amides is 2. The molecule has 0 saturated carbocycles. The van der Waals surface area contributed by atoms with E-state index in [1.807, 2.05) is 0 Å². The Bertz CT molecular complexity index is 1150. The normalized spacial score (nSPS) is 11.1. The van der Waals surface area contributed by atoms with Crippen LogP contribution in [-0.4, -0.2) is 35.1 Å². The number of aliphatic hydroxyl groups excluding tert-OH is 1. The highest BCUT2D eigenvalue weighted by Gasteiger charge is 2.30. The lowest BCUT2D eigenvalue weighted by atomic mass is 10.1. The average molecular weight is 458 g/mol. The fourth-order valence-corrected chi connectivity index (χ4v) is 2.94. The molecular weight excluding hydrogens is 437 g/mol. The molecule has 1 heterocycles. The summed E-state index contributed by atoms with van der Waals surface area (Å²) in [6.07, 6.45) is -3.11. The van der Waals surface area contributed by atoms with Crippen LogP contribution in [-0.2, 0) is 6.18 Å². The van der Waals surface area contributed by atoms with Crippen LogP contribution < -0.4 is 16.0 Å². The van der Waals surface area contributed by atoms with Gasteiger partial charge in [0.05, 0.1) is 24.1 Å². The molecule has 10 heteroatoms. The number of carbonyl (C=O) groups is 2. The Labute approximate surface area is 187 Å². The van der Waals surface area contributed by atoms with Crippen molar-refractivity contribution in [3.05, 3.63) is 83.0 Å². The summed E-state index contributed by atoms with van der Waals surface area (Å²) >= 11 is 0. The Kier molecular flexibility index (Phi) is 7.29.